The maximum absolute atomic E-state index is 11.3. The number of non-ortho nitro benzene ring substituents is 2. The molecule has 0 bridgehead atoms. The number of rotatable bonds is 7. The molecular weight excluding hydrogens is 396 g/mol. The number of aliphatic imine (C=N–C) groups is 1. The Hall–Kier alpha value is -4.67. The third-order valence-electron chi connectivity index (χ3n) is 3.90. The molecule has 0 N–H and O–H groups in total. The maximum atomic E-state index is 11.3. The van der Waals surface area contributed by atoms with Crippen LogP contribution < -0.4 is 4.74 Å². The van der Waals surface area contributed by atoms with Crippen LogP contribution in [0.3, 0.4) is 0 Å². The van der Waals surface area contributed by atoms with Crippen molar-refractivity contribution in [3.63, 3.8) is 0 Å². The molecular formula is C19H12N4O7. The van der Waals surface area contributed by atoms with Gasteiger partial charge in [0.25, 0.3) is 11.4 Å². The topological polar surface area (TPSA) is 151 Å². The zero-order chi connectivity index (χ0) is 21.7. The predicted molar refractivity (Wildman–Crippen MR) is 107 cm³/mol. The first-order valence-corrected chi connectivity index (χ1v) is 8.33. The minimum Gasteiger partial charge on any atom is -0.449 e. The number of para-hydroxylation sites is 1. The smallest absolute Gasteiger partial charge is 0.318 e. The average Bonchev–Trinajstić information content (AvgIpc) is 2.73. The molecule has 0 heterocycles. The summed E-state index contributed by atoms with van der Waals surface area (Å²) in [6, 6.07) is 15.2. The minimum absolute atomic E-state index is 0.0665. The molecule has 0 fully saturated rings. The number of nitro groups is 3. The van der Waals surface area contributed by atoms with E-state index in [4.69, 9.17) is 4.74 Å². The standard InChI is InChI=1S/C19H12N4O7/c24-21(25)15-7-5-14(6-8-15)20-12-13-3-1-2-4-18(13)30-19-10-9-16(22(26)27)11-17(19)23(28)29/h1-12H. The van der Waals surface area contributed by atoms with E-state index in [0.29, 0.717) is 11.3 Å². The Balaban J connectivity index is 1.90. The van der Waals surface area contributed by atoms with E-state index in [1.807, 2.05) is 0 Å². The number of nitrogens with zero attached hydrogens (tertiary/aromatic N) is 4. The SMILES string of the molecule is O=[N+]([O-])c1ccc(N=Cc2ccccc2Oc2ccc([N+](=O)[O-])cc2[N+](=O)[O-])cc1. The second-order valence-corrected chi connectivity index (χ2v) is 5.84. The van der Waals surface area contributed by atoms with Gasteiger partial charge in [0.1, 0.15) is 5.75 Å². The van der Waals surface area contributed by atoms with Gasteiger partial charge in [-0.25, -0.2) is 0 Å². The molecule has 11 nitrogen and oxygen atoms in total. The maximum Gasteiger partial charge on any atom is 0.318 e. The van der Waals surface area contributed by atoms with Crippen LogP contribution in [-0.4, -0.2) is 21.0 Å². The Morgan fingerprint density at radius 3 is 2.00 bits per heavy atom. The van der Waals surface area contributed by atoms with Crippen molar-refractivity contribution in [3.05, 3.63) is 103 Å². The number of hydrogen-bond donors (Lipinski definition) is 0. The molecule has 30 heavy (non-hydrogen) atoms. The van der Waals surface area contributed by atoms with Gasteiger partial charge in [0.2, 0.25) is 5.75 Å². The zero-order valence-corrected chi connectivity index (χ0v) is 15.1. The Morgan fingerprint density at radius 1 is 0.733 bits per heavy atom. The molecule has 0 saturated carbocycles. The minimum atomic E-state index is -0.768. The van der Waals surface area contributed by atoms with Gasteiger partial charge in [0, 0.05) is 30.0 Å². The number of benzene rings is 3. The van der Waals surface area contributed by atoms with E-state index in [1.165, 1.54) is 30.5 Å². The first-order valence-electron chi connectivity index (χ1n) is 8.33. The van der Waals surface area contributed by atoms with Crippen LogP contribution in [0.25, 0.3) is 0 Å². The molecule has 11 heteroatoms. The molecule has 3 aromatic carbocycles. The second-order valence-electron chi connectivity index (χ2n) is 5.84. The Morgan fingerprint density at radius 2 is 1.37 bits per heavy atom. The highest BCUT2D eigenvalue weighted by atomic mass is 16.6. The molecule has 0 unspecified atom stereocenters. The van der Waals surface area contributed by atoms with E-state index in [2.05, 4.69) is 4.99 Å². The molecule has 0 saturated heterocycles. The molecule has 150 valence electrons. The summed E-state index contributed by atoms with van der Waals surface area (Å²) in [5, 5.41) is 32.9. The highest BCUT2D eigenvalue weighted by Crippen LogP contribution is 2.35. The average molecular weight is 408 g/mol. The summed E-state index contributed by atoms with van der Waals surface area (Å²) in [7, 11) is 0. The van der Waals surface area contributed by atoms with Gasteiger partial charge < -0.3 is 4.74 Å². The van der Waals surface area contributed by atoms with Crippen molar-refractivity contribution in [2.45, 2.75) is 0 Å². The van der Waals surface area contributed by atoms with Gasteiger partial charge in [0.05, 0.1) is 26.5 Å². The Bertz CT molecular complexity index is 1160. The quantitative estimate of drug-likeness (QED) is 0.304. The van der Waals surface area contributed by atoms with Gasteiger partial charge in [-0.15, -0.1) is 0 Å². The monoisotopic (exact) mass is 408 g/mol. The van der Waals surface area contributed by atoms with Crippen molar-refractivity contribution in [2.75, 3.05) is 0 Å². The lowest BCUT2D eigenvalue weighted by atomic mass is 10.2. The van der Waals surface area contributed by atoms with Crippen LogP contribution in [0.15, 0.2) is 71.7 Å². The lowest BCUT2D eigenvalue weighted by Crippen LogP contribution is -1.97. The lowest BCUT2D eigenvalue weighted by Gasteiger charge is -2.08. The van der Waals surface area contributed by atoms with Crippen LogP contribution >= 0.6 is 0 Å². The van der Waals surface area contributed by atoms with Crippen molar-refractivity contribution in [1.82, 2.24) is 0 Å². The lowest BCUT2D eigenvalue weighted by molar-refractivity contribution is -0.394. The van der Waals surface area contributed by atoms with E-state index in [1.54, 1.807) is 24.3 Å². The molecule has 0 radical (unpaired) electrons. The van der Waals surface area contributed by atoms with Crippen LogP contribution in [0, 0.1) is 30.3 Å². The van der Waals surface area contributed by atoms with Gasteiger partial charge in [-0.05, 0) is 30.3 Å². The van der Waals surface area contributed by atoms with Gasteiger partial charge in [0.15, 0.2) is 0 Å². The van der Waals surface area contributed by atoms with Crippen LogP contribution in [-0.2, 0) is 0 Å². The first-order chi connectivity index (χ1) is 14.3. The van der Waals surface area contributed by atoms with E-state index >= 15 is 0 Å². The fourth-order valence-corrected chi connectivity index (χ4v) is 2.45. The summed E-state index contributed by atoms with van der Waals surface area (Å²) in [5.41, 5.74) is -0.114. The van der Waals surface area contributed by atoms with Crippen molar-refractivity contribution in [2.24, 2.45) is 4.99 Å². The van der Waals surface area contributed by atoms with Gasteiger partial charge in [-0.1, -0.05) is 12.1 Å². The van der Waals surface area contributed by atoms with E-state index in [0.717, 1.165) is 18.2 Å². The summed E-state index contributed by atoms with van der Waals surface area (Å²) in [4.78, 5) is 35.1. The van der Waals surface area contributed by atoms with Crippen LogP contribution in [0.5, 0.6) is 11.5 Å². The normalized spacial score (nSPS) is 10.7. The molecule has 0 amide bonds. The summed E-state index contributed by atoms with van der Waals surface area (Å²) in [6.45, 7) is 0. The third-order valence-corrected chi connectivity index (χ3v) is 3.90. The number of ether oxygens (including phenoxy) is 1. The fraction of sp³-hybridized carbons (Fsp3) is 0. The molecule has 0 atom stereocenters. The van der Waals surface area contributed by atoms with E-state index in [9.17, 15) is 30.3 Å². The molecule has 0 aromatic heterocycles. The van der Waals surface area contributed by atoms with E-state index in [-0.39, 0.29) is 17.2 Å². The fourth-order valence-electron chi connectivity index (χ4n) is 2.45. The van der Waals surface area contributed by atoms with Crippen molar-refractivity contribution in [1.29, 1.82) is 0 Å². The molecule has 0 aliphatic carbocycles. The van der Waals surface area contributed by atoms with Crippen molar-refractivity contribution < 1.29 is 19.5 Å². The Kier molecular flexibility index (Phi) is 5.73. The van der Waals surface area contributed by atoms with Gasteiger partial charge in [-0.3, -0.25) is 35.3 Å². The highest BCUT2D eigenvalue weighted by molar-refractivity contribution is 5.85. The third kappa shape index (κ3) is 4.59. The second kappa shape index (κ2) is 8.56. The molecule has 0 aliphatic rings. The van der Waals surface area contributed by atoms with Crippen LogP contribution in [0.2, 0.25) is 0 Å². The molecule has 0 spiro atoms. The largest absolute Gasteiger partial charge is 0.449 e. The highest BCUT2D eigenvalue weighted by Gasteiger charge is 2.21. The zero-order valence-electron chi connectivity index (χ0n) is 15.1. The molecule has 3 aromatic rings. The van der Waals surface area contributed by atoms with Crippen molar-refractivity contribution >= 4 is 29.0 Å². The molecule has 3 rings (SSSR count). The van der Waals surface area contributed by atoms with Gasteiger partial charge >= 0.3 is 5.69 Å². The Labute approximate surface area is 168 Å². The summed E-state index contributed by atoms with van der Waals surface area (Å²) >= 11 is 0. The number of hydrogen-bond acceptors (Lipinski definition) is 8. The van der Waals surface area contributed by atoms with Gasteiger partial charge in [-0.2, -0.15) is 0 Å². The first kappa shape index (κ1) is 20.1. The summed E-state index contributed by atoms with van der Waals surface area (Å²) in [5.74, 6) is 0.0712. The predicted octanol–water partition coefficient (Wildman–Crippen LogP) is 4.95. The van der Waals surface area contributed by atoms with Crippen LogP contribution in [0.4, 0.5) is 22.7 Å². The molecule has 0 aliphatic heterocycles. The van der Waals surface area contributed by atoms with Crippen LogP contribution in [0.1, 0.15) is 5.56 Å². The summed E-state index contributed by atoms with van der Waals surface area (Å²) in [6.07, 6.45) is 1.44. The van der Waals surface area contributed by atoms with E-state index < -0.39 is 26.1 Å². The van der Waals surface area contributed by atoms with Crippen molar-refractivity contribution in [3.8, 4) is 11.5 Å². The number of nitro benzene ring substituents is 3. The summed E-state index contributed by atoms with van der Waals surface area (Å²) < 4.78 is 5.63.